The largest absolute Gasteiger partial charge is 0.365 e. The van der Waals surface area contributed by atoms with E-state index in [-0.39, 0.29) is 23.7 Å². The lowest BCUT2D eigenvalue weighted by Crippen LogP contribution is -2.27. The van der Waals surface area contributed by atoms with Gasteiger partial charge in [0, 0.05) is 28.7 Å². The molecule has 3 aromatic rings. The van der Waals surface area contributed by atoms with E-state index in [0.29, 0.717) is 16.8 Å². The maximum absolute atomic E-state index is 13.9. The van der Waals surface area contributed by atoms with E-state index in [4.69, 9.17) is 9.85 Å². The molecule has 0 unspecified atom stereocenters. The predicted octanol–water partition coefficient (Wildman–Crippen LogP) is 2.82. The molecule has 0 aliphatic heterocycles. The molecule has 0 fully saturated rings. The molecule has 2 aromatic heterocycles. The van der Waals surface area contributed by atoms with Gasteiger partial charge in [-0.2, -0.15) is 15.1 Å². The van der Waals surface area contributed by atoms with E-state index in [1.165, 1.54) is 12.3 Å². The van der Waals surface area contributed by atoms with Gasteiger partial charge in [0.15, 0.2) is 5.65 Å². The molecule has 4 N–H and O–H groups in total. The summed E-state index contributed by atoms with van der Waals surface area (Å²) in [6.07, 6.45) is 1.42. The van der Waals surface area contributed by atoms with Gasteiger partial charge in [0.2, 0.25) is 5.95 Å². The van der Waals surface area contributed by atoms with E-state index < -0.39 is 18.8 Å². The third kappa shape index (κ3) is 3.91. The van der Waals surface area contributed by atoms with Crippen molar-refractivity contribution >= 4 is 22.8 Å². The summed E-state index contributed by atoms with van der Waals surface area (Å²) in [5.74, 6) is 0.218. The molecule has 1 aromatic carbocycles. The maximum atomic E-state index is 13.9. The van der Waals surface area contributed by atoms with Crippen LogP contribution in [0.25, 0.3) is 11.0 Å². The number of anilines is 2. The molecule has 8 heteroatoms. The Kier molecular flexibility index (Phi) is 3.82. The lowest BCUT2D eigenvalue weighted by atomic mass is 10.1. The van der Waals surface area contributed by atoms with Crippen LogP contribution in [0.1, 0.15) is 36.5 Å². The molecular weight excluding hydrogens is 333 g/mol. The third-order valence-corrected chi connectivity index (χ3v) is 3.71. The highest BCUT2D eigenvalue weighted by Crippen LogP contribution is 2.24. The fraction of sp³-hybridized carbons (Fsp3) is 0.389. The van der Waals surface area contributed by atoms with Gasteiger partial charge in [0.1, 0.15) is 11.6 Å². The summed E-state index contributed by atoms with van der Waals surface area (Å²) in [6, 6.07) is 5.62. The topological polar surface area (TPSA) is 93.7 Å². The van der Waals surface area contributed by atoms with Gasteiger partial charge in [-0.05, 0) is 26.8 Å². The number of fused-ring (bicyclic) bond motifs is 1. The summed E-state index contributed by atoms with van der Waals surface area (Å²) >= 11 is 0. The Labute approximate surface area is 156 Å². The molecule has 0 saturated carbocycles. The number of aryl methyl sites for hydroxylation is 1. The predicted molar refractivity (Wildman–Crippen MR) is 101 cm³/mol. The van der Waals surface area contributed by atoms with Gasteiger partial charge in [-0.3, -0.25) is 4.68 Å². The normalized spacial score (nSPS) is 15.2. The minimum atomic E-state index is -2.49. The van der Waals surface area contributed by atoms with Crippen LogP contribution < -0.4 is 16.4 Å². The molecule has 0 spiro atoms. The Hall–Kier alpha value is -2.74. The average Bonchev–Trinajstić information content (AvgIpc) is 3.03. The Morgan fingerprint density at radius 1 is 1.31 bits per heavy atom. The molecular formula is C18H24FN7. The van der Waals surface area contributed by atoms with Crippen LogP contribution in [-0.2, 0) is 6.98 Å². The Morgan fingerprint density at radius 3 is 2.77 bits per heavy atom. The second-order valence-corrected chi connectivity index (χ2v) is 7.07. The number of rotatable bonds is 5. The van der Waals surface area contributed by atoms with Crippen molar-refractivity contribution in [2.75, 3.05) is 17.2 Å². The highest BCUT2D eigenvalue weighted by Gasteiger charge is 2.17. The zero-order valence-corrected chi connectivity index (χ0v) is 14.9. The van der Waals surface area contributed by atoms with Gasteiger partial charge in [-0.25, -0.2) is 4.39 Å². The van der Waals surface area contributed by atoms with Gasteiger partial charge in [-0.15, -0.1) is 0 Å². The number of hydrogen-bond donors (Lipinski definition) is 3. The van der Waals surface area contributed by atoms with E-state index in [2.05, 4.69) is 25.7 Å². The number of nitrogens with two attached hydrogens (primary N) is 1. The quantitative estimate of drug-likeness (QED) is 0.648. The number of hydrogen-bond acceptors (Lipinski definition) is 6. The van der Waals surface area contributed by atoms with Crippen molar-refractivity contribution in [3.63, 3.8) is 0 Å². The number of aromatic nitrogens is 4. The van der Waals surface area contributed by atoms with E-state index >= 15 is 0 Å². The molecule has 0 aliphatic rings. The van der Waals surface area contributed by atoms with Crippen LogP contribution >= 0.6 is 0 Å². The van der Waals surface area contributed by atoms with Crippen molar-refractivity contribution in [2.45, 2.75) is 32.4 Å². The van der Waals surface area contributed by atoms with E-state index in [0.717, 1.165) is 4.68 Å². The summed E-state index contributed by atoms with van der Waals surface area (Å²) in [6.45, 7) is 3.53. The van der Waals surface area contributed by atoms with Gasteiger partial charge in [0.25, 0.3) is 0 Å². The van der Waals surface area contributed by atoms with Crippen molar-refractivity contribution in [3.05, 3.63) is 41.8 Å². The van der Waals surface area contributed by atoms with Gasteiger partial charge in [0.05, 0.1) is 17.6 Å². The van der Waals surface area contributed by atoms with E-state index in [9.17, 15) is 4.39 Å². The molecule has 0 amide bonds. The SMILES string of the molecule is [2H]C([2H])([2H])n1ncc2c(NC(C)(C)C)nc(NC[C@@H](N)c3ccccc3F)nc21. The number of nitrogens with one attached hydrogen (secondary N) is 2. The Balaban J connectivity index is 1.95. The summed E-state index contributed by atoms with van der Waals surface area (Å²) in [7, 11) is 0. The average molecular weight is 360 g/mol. The minimum Gasteiger partial charge on any atom is -0.365 e. The van der Waals surface area contributed by atoms with Crippen LogP contribution in [0.15, 0.2) is 30.5 Å². The first-order valence-corrected chi connectivity index (χ1v) is 8.24. The number of nitrogens with zero attached hydrogens (tertiary/aromatic N) is 4. The molecule has 3 rings (SSSR count). The molecule has 26 heavy (non-hydrogen) atoms. The van der Waals surface area contributed by atoms with Crippen LogP contribution in [-0.4, -0.2) is 31.8 Å². The van der Waals surface area contributed by atoms with Gasteiger partial charge in [-0.1, -0.05) is 18.2 Å². The summed E-state index contributed by atoms with van der Waals surface area (Å²) in [5.41, 5.74) is 6.29. The van der Waals surface area contributed by atoms with Gasteiger partial charge < -0.3 is 16.4 Å². The first kappa shape index (κ1) is 14.4. The van der Waals surface area contributed by atoms with Crippen molar-refractivity contribution in [1.29, 1.82) is 0 Å². The van der Waals surface area contributed by atoms with Crippen molar-refractivity contribution in [1.82, 2.24) is 19.7 Å². The Bertz CT molecular complexity index is 1010. The summed E-state index contributed by atoms with van der Waals surface area (Å²) in [4.78, 5) is 8.76. The fourth-order valence-electron chi connectivity index (χ4n) is 2.52. The van der Waals surface area contributed by atoms with Crippen LogP contribution in [0.2, 0.25) is 0 Å². The van der Waals surface area contributed by atoms with E-state index in [1.807, 2.05) is 20.8 Å². The van der Waals surface area contributed by atoms with Gasteiger partial charge >= 0.3 is 0 Å². The monoisotopic (exact) mass is 360 g/mol. The van der Waals surface area contributed by atoms with Crippen molar-refractivity contribution in [3.8, 4) is 0 Å². The van der Waals surface area contributed by atoms with Crippen LogP contribution in [0, 0.1) is 5.82 Å². The molecule has 0 saturated heterocycles. The zero-order chi connectivity index (χ0) is 21.4. The van der Waals surface area contributed by atoms with Crippen molar-refractivity contribution in [2.24, 2.45) is 12.7 Å². The smallest absolute Gasteiger partial charge is 0.226 e. The van der Waals surface area contributed by atoms with Crippen LogP contribution in [0.5, 0.6) is 0 Å². The second-order valence-electron chi connectivity index (χ2n) is 7.07. The first-order chi connectivity index (χ1) is 13.5. The van der Waals surface area contributed by atoms with E-state index in [1.54, 1.807) is 18.2 Å². The fourth-order valence-corrected chi connectivity index (χ4v) is 2.52. The minimum absolute atomic E-state index is 0.156. The standard InChI is InChI=1S/C18H24FN7/c1-18(2,3)25-15-12-9-22-26(4)16(12)24-17(23-15)21-10-14(20)11-7-5-6-8-13(11)19/h5-9,14H,10,20H2,1-4H3,(H2,21,23,24,25)/t14-/m1/s1/i4D3. The Morgan fingerprint density at radius 2 is 2.08 bits per heavy atom. The highest BCUT2D eigenvalue weighted by atomic mass is 19.1. The van der Waals surface area contributed by atoms with Crippen LogP contribution in [0.3, 0.4) is 0 Å². The highest BCUT2D eigenvalue weighted by molar-refractivity contribution is 5.87. The molecule has 138 valence electrons. The lowest BCUT2D eigenvalue weighted by molar-refractivity contribution is 0.587. The summed E-state index contributed by atoms with van der Waals surface area (Å²) < 4.78 is 37.8. The lowest BCUT2D eigenvalue weighted by Gasteiger charge is -2.22. The second kappa shape index (κ2) is 6.87. The molecule has 1 atom stereocenters. The maximum Gasteiger partial charge on any atom is 0.226 e. The summed E-state index contributed by atoms with van der Waals surface area (Å²) in [5, 5.41) is 10.7. The third-order valence-electron chi connectivity index (χ3n) is 3.71. The van der Waals surface area contributed by atoms with Crippen molar-refractivity contribution < 1.29 is 8.50 Å². The number of halogens is 1. The molecule has 2 heterocycles. The molecule has 7 nitrogen and oxygen atoms in total. The zero-order valence-electron chi connectivity index (χ0n) is 17.9. The molecule has 0 aliphatic carbocycles. The van der Waals surface area contributed by atoms with Crippen LogP contribution in [0.4, 0.5) is 16.2 Å². The molecule has 0 bridgehead atoms. The number of benzene rings is 1. The first-order valence-electron chi connectivity index (χ1n) is 9.74. The molecule has 0 radical (unpaired) electrons.